The number of benzene rings is 1. The maximum atomic E-state index is 11.4. The van der Waals surface area contributed by atoms with E-state index in [4.69, 9.17) is 0 Å². The van der Waals surface area contributed by atoms with E-state index >= 15 is 0 Å². The van der Waals surface area contributed by atoms with Gasteiger partial charge in [-0.15, -0.1) is 0 Å². The number of carbonyl (C=O) groups excluding carboxylic acids is 1. The van der Waals surface area contributed by atoms with Gasteiger partial charge in [-0.2, -0.15) is 20.5 Å². The number of hydrogen-bond donors (Lipinski definition) is 1. The van der Waals surface area contributed by atoms with Gasteiger partial charge in [0.15, 0.2) is 0 Å². The Labute approximate surface area is 95.4 Å². The second kappa shape index (κ2) is 4.59. The van der Waals surface area contributed by atoms with Crippen LogP contribution in [-0.4, -0.2) is 26.7 Å². The highest BCUT2D eigenvalue weighted by molar-refractivity contribution is 7.99. The molecule has 0 saturated carbocycles. The third-order valence-electron chi connectivity index (χ3n) is 1.84. The van der Waals surface area contributed by atoms with Gasteiger partial charge in [0, 0.05) is 0 Å². The first-order valence-corrected chi connectivity index (χ1v) is 6.44. The summed E-state index contributed by atoms with van der Waals surface area (Å²) in [5.41, 5.74) is 2.32. The zero-order valence-electron chi connectivity index (χ0n) is 8.06. The summed E-state index contributed by atoms with van der Waals surface area (Å²) in [5.74, 6) is 0.441. The lowest BCUT2D eigenvalue weighted by Crippen LogP contribution is -2.13. The molecule has 4 nitrogen and oxygen atoms in total. The van der Waals surface area contributed by atoms with Gasteiger partial charge in [0.25, 0.3) is 0 Å². The standard InChI is InChI=1S/C9H9N3OS2/c1-14-5-8(13)10-6-3-2-4-7-9(6)12-15-11-7/h2-4H,5H2,1H3,(H,10,13). The van der Waals surface area contributed by atoms with E-state index in [1.165, 1.54) is 11.8 Å². The molecule has 2 aromatic rings. The van der Waals surface area contributed by atoms with Crippen LogP contribution in [0.15, 0.2) is 18.2 Å². The maximum Gasteiger partial charge on any atom is 0.234 e. The number of fused-ring (bicyclic) bond motifs is 1. The number of hydrogen-bond acceptors (Lipinski definition) is 5. The quantitative estimate of drug-likeness (QED) is 0.890. The lowest BCUT2D eigenvalue weighted by molar-refractivity contribution is -0.113. The van der Waals surface area contributed by atoms with Crippen LogP contribution in [0.4, 0.5) is 5.69 Å². The molecule has 1 heterocycles. The number of rotatable bonds is 3. The molecule has 1 N–H and O–H groups in total. The summed E-state index contributed by atoms with van der Waals surface area (Å²) in [6.45, 7) is 0. The number of nitrogens with one attached hydrogen (secondary N) is 1. The fourth-order valence-corrected chi connectivity index (χ4v) is 2.11. The van der Waals surface area contributed by atoms with E-state index in [0.717, 1.165) is 28.4 Å². The molecule has 0 unspecified atom stereocenters. The second-order valence-corrected chi connectivity index (χ2v) is 4.31. The van der Waals surface area contributed by atoms with Gasteiger partial charge >= 0.3 is 0 Å². The van der Waals surface area contributed by atoms with Crippen molar-refractivity contribution in [2.45, 2.75) is 0 Å². The fraction of sp³-hybridized carbons (Fsp3) is 0.222. The maximum absolute atomic E-state index is 11.4. The van der Waals surface area contributed by atoms with Crippen LogP contribution in [-0.2, 0) is 4.79 Å². The average Bonchev–Trinajstić information content (AvgIpc) is 2.67. The molecule has 0 aliphatic heterocycles. The Morgan fingerprint density at radius 1 is 1.53 bits per heavy atom. The topological polar surface area (TPSA) is 54.9 Å². The lowest BCUT2D eigenvalue weighted by atomic mass is 10.2. The Morgan fingerprint density at radius 2 is 2.40 bits per heavy atom. The van der Waals surface area contributed by atoms with Crippen LogP contribution in [0.5, 0.6) is 0 Å². The van der Waals surface area contributed by atoms with E-state index in [-0.39, 0.29) is 5.91 Å². The van der Waals surface area contributed by atoms with Crippen molar-refractivity contribution in [1.82, 2.24) is 8.75 Å². The van der Waals surface area contributed by atoms with Crippen molar-refractivity contribution in [1.29, 1.82) is 0 Å². The Hall–Kier alpha value is -1.14. The molecule has 15 heavy (non-hydrogen) atoms. The summed E-state index contributed by atoms with van der Waals surface area (Å²) in [7, 11) is 0. The molecule has 0 bridgehead atoms. The van der Waals surface area contributed by atoms with E-state index in [1.807, 2.05) is 24.5 Å². The molecule has 0 atom stereocenters. The van der Waals surface area contributed by atoms with Crippen molar-refractivity contribution in [3.05, 3.63) is 18.2 Å². The molecular formula is C9H9N3OS2. The predicted octanol–water partition coefficient (Wildman–Crippen LogP) is 1.99. The van der Waals surface area contributed by atoms with Gasteiger partial charge in [-0.3, -0.25) is 4.79 Å². The van der Waals surface area contributed by atoms with Crippen LogP contribution in [0.1, 0.15) is 0 Å². The van der Waals surface area contributed by atoms with Crippen molar-refractivity contribution in [3.63, 3.8) is 0 Å². The molecule has 0 aliphatic rings. The Balaban J connectivity index is 2.27. The largest absolute Gasteiger partial charge is 0.323 e. The summed E-state index contributed by atoms with van der Waals surface area (Å²) in [5, 5.41) is 2.82. The van der Waals surface area contributed by atoms with Gasteiger partial charge in [0.1, 0.15) is 11.0 Å². The summed E-state index contributed by atoms with van der Waals surface area (Å²) in [6.07, 6.45) is 1.89. The molecule has 0 fully saturated rings. The van der Waals surface area contributed by atoms with E-state index in [0.29, 0.717) is 5.75 Å². The zero-order valence-corrected chi connectivity index (χ0v) is 9.69. The number of thioether (sulfide) groups is 1. The number of carbonyl (C=O) groups is 1. The summed E-state index contributed by atoms with van der Waals surface area (Å²) in [6, 6.07) is 5.57. The summed E-state index contributed by atoms with van der Waals surface area (Å²) in [4.78, 5) is 11.4. The smallest absolute Gasteiger partial charge is 0.234 e. The Morgan fingerprint density at radius 3 is 3.20 bits per heavy atom. The average molecular weight is 239 g/mol. The predicted molar refractivity (Wildman–Crippen MR) is 64.4 cm³/mol. The highest BCUT2D eigenvalue weighted by Crippen LogP contribution is 2.21. The van der Waals surface area contributed by atoms with Crippen LogP contribution < -0.4 is 5.32 Å². The van der Waals surface area contributed by atoms with E-state index in [1.54, 1.807) is 0 Å². The van der Waals surface area contributed by atoms with Gasteiger partial charge in [-0.25, -0.2) is 0 Å². The molecule has 1 aromatic heterocycles. The highest BCUT2D eigenvalue weighted by Gasteiger charge is 2.07. The number of aromatic nitrogens is 2. The lowest BCUT2D eigenvalue weighted by Gasteiger charge is -2.03. The van der Waals surface area contributed by atoms with E-state index in [2.05, 4.69) is 14.1 Å². The molecule has 0 saturated heterocycles. The number of nitrogens with zero attached hydrogens (tertiary/aromatic N) is 2. The van der Waals surface area contributed by atoms with Crippen LogP contribution in [0.2, 0.25) is 0 Å². The Bertz CT molecular complexity index is 483. The number of anilines is 1. The first kappa shape index (κ1) is 10.4. The van der Waals surface area contributed by atoms with E-state index < -0.39 is 0 Å². The summed E-state index contributed by atoms with van der Waals surface area (Å²) >= 11 is 2.64. The molecule has 1 amide bonds. The molecule has 0 aliphatic carbocycles. The van der Waals surface area contributed by atoms with E-state index in [9.17, 15) is 4.79 Å². The third-order valence-corrected chi connectivity index (χ3v) is 2.93. The first-order chi connectivity index (χ1) is 7.31. The summed E-state index contributed by atoms with van der Waals surface area (Å²) < 4.78 is 8.25. The van der Waals surface area contributed by atoms with Crippen molar-refractivity contribution in [3.8, 4) is 0 Å². The molecule has 78 valence electrons. The highest BCUT2D eigenvalue weighted by atomic mass is 32.2. The first-order valence-electron chi connectivity index (χ1n) is 4.31. The minimum absolute atomic E-state index is 0.0111. The van der Waals surface area contributed by atoms with Crippen molar-refractivity contribution >= 4 is 46.1 Å². The third kappa shape index (κ3) is 2.27. The molecule has 0 spiro atoms. The minimum Gasteiger partial charge on any atom is -0.323 e. The van der Waals surface area contributed by atoms with Gasteiger partial charge in [-0.05, 0) is 18.4 Å². The fourth-order valence-electron chi connectivity index (χ4n) is 1.22. The van der Waals surface area contributed by atoms with Gasteiger partial charge in [-0.1, -0.05) is 6.07 Å². The van der Waals surface area contributed by atoms with Crippen LogP contribution in [0.3, 0.4) is 0 Å². The molecule has 1 aromatic carbocycles. The van der Waals surface area contributed by atoms with Gasteiger partial charge < -0.3 is 5.32 Å². The molecule has 6 heteroatoms. The normalized spacial score (nSPS) is 10.5. The zero-order chi connectivity index (χ0) is 10.7. The SMILES string of the molecule is CSCC(=O)Nc1cccc2nsnc12. The van der Waals surface area contributed by atoms with Crippen molar-refractivity contribution in [2.75, 3.05) is 17.3 Å². The van der Waals surface area contributed by atoms with Gasteiger partial charge in [0.05, 0.1) is 23.2 Å². The molecular weight excluding hydrogens is 230 g/mol. The van der Waals surface area contributed by atoms with Crippen LogP contribution in [0, 0.1) is 0 Å². The van der Waals surface area contributed by atoms with Crippen molar-refractivity contribution in [2.24, 2.45) is 0 Å². The molecule has 2 rings (SSSR count). The monoisotopic (exact) mass is 239 g/mol. The molecule has 0 radical (unpaired) electrons. The van der Waals surface area contributed by atoms with Gasteiger partial charge in [0.2, 0.25) is 5.91 Å². The number of amides is 1. The Kier molecular flexibility index (Phi) is 3.17. The minimum atomic E-state index is -0.0111. The second-order valence-electron chi connectivity index (χ2n) is 2.92. The van der Waals surface area contributed by atoms with Crippen molar-refractivity contribution < 1.29 is 4.79 Å². The van der Waals surface area contributed by atoms with Crippen LogP contribution >= 0.6 is 23.5 Å². The van der Waals surface area contributed by atoms with Crippen LogP contribution in [0.25, 0.3) is 11.0 Å².